The molecule has 0 unspecified atom stereocenters. The predicted octanol–water partition coefficient (Wildman–Crippen LogP) is 5.51. The van der Waals surface area contributed by atoms with Crippen molar-refractivity contribution in [1.29, 1.82) is 0 Å². The van der Waals surface area contributed by atoms with Crippen molar-refractivity contribution in [2.45, 2.75) is 53.9 Å². The molecule has 136 valence electrons. The Morgan fingerprint density at radius 1 is 1.08 bits per heavy atom. The van der Waals surface area contributed by atoms with Gasteiger partial charge in [-0.2, -0.15) is 0 Å². The van der Waals surface area contributed by atoms with Crippen LogP contribution in [0.2, 0.25) is 0 Å². The normalized spacial score (nSPS) is 13.7. The minimum Gasteiger partial charge on any atom is -0.342 e. The Morgan fingerprint density at radius 3 is 2.36 bits per heavy atom. The fourth-order valence-electron chi connectivity index (χ4n) is 2.09. The van der Waals surface area contributed by atoms with Crippen LogP contribution in [0, 0.1) is 18.3 Å². The number of hydrogen-bond donors (Lipinski definition) is 1. The molecule has 0 aliphatic heterocycles. The third-order valence-electron chi connectivity index (χ3n) is 3.53. The van der Waals surface area contributed by atoms with Crippen molar-refractivity contribution >= 4 is 5.91 Å². The molecule has 0 aromatic rings. The highest BCUT2D eigenvalue weighted by Crippen LogP contribution is 2.11. The maximum atomic E-state index is 11.5. The van der Waals surface area contributed by atoms with Gasteiger partial charge in [0, 0.05) is 6.08 Å². The number of amides is 1. The number of hydrogen-bond acceptors (Lipinski definition) is 1. The van der Waals surface area contributed by atoms with Gasteiger partial charge in [0.2, 0.25) is 5.91 Å². The fourth-order valence-corrected chi connectivity index (χ4v) is 2.09. The average Bonchev–Trinajstić information content (AvgIpc) is 2.52. The monoisotopic (exact) mass is 339 g/mol. The van der Waals surface area contributed by atoms with E-state index in [1.165, 1.54) is 24.5 Å². The molecule has 0 aliphatic rings. The zero-order chi connectivity index (χ0) is 19.1. The second kappa shape index (κ2) is 14.1. The molecule has 0 aliphatic carbocycles. The van der Waals surface area contributed by atoms with E-state index in [9.17, 15) is 4.79 Å². The average molecular weight is 340 g/mol. The third kappa shape index (κ3) is 15.0. The Bertz CT molecular complexity index is 592. The van der Waals surface area contributed by atoms with Crippen LogP contribution in [0.3, 0.4) is 0 Å². The molecule has 0 spiro atoms. The van der Waals surface area contributed by atoms with E-state index in [1.807, 2.05) is 25.2 Å². The summed E-state index contributed by atoms with van der Waals surface area (Å²) < 4.78 is 0. The van der Waals surface area contributed by atoms with Crippen LogP contribution in [-0.2, 0) is 4.79 Å². The van der Waals surface area contributed by atoms with E-state index in [1.54, 1.807) is 0 Å². The van der Waals surface area contributed by atoms with Gasteiger partial charge in [0.1, 0.15) is 0 Å². The molecule has 0 saturated carbocycles. The van der Waals surface area contributed by atoms with Crippen LogP contribution in [0.4, 0.5) is 0 Å². The highest BCUT2D eigenvalue weighted by molar-refractivity contribution is 5.88. The molecule has 0 bridgehead atoms. The van der Waals surface area contributed by atoms with E-state index in [0.29, 0.717) is 0 Å². The molecule has 0 atom stereocenters. The van der Waals surface area contributed by atoms with Gasteiger partial charge >= 0.3 is 0 Å². The number of rotatable bonds is 10. The lowest BCUT2D eigenvalue weighted by molar-refractivity contribution is -0.116. The maximum absolute atomic E-state index is 11.5. The van der Waals surface area contributed by atoms with Gasteiger partial charge in [0.05, 0.1) is 6.54 Å². The van der Waals surface area contributed by atoms with Crippen LogP contribution < -0.4 is 5.32 Å². The van der Waals surface area contributed by atoms with Crippen molar-refractivity contribution in [3.63, 3.8) is 0 Å². The number of carbonyl (C=O) groups is 1. The summed E-state index contributed by atoms with van der Waals surface area (Å²) in [6.45, 7) is 10.9. The molecule has 2 nitrogen and oxygen atoms in total. The molecule has 25 heavy (non-hydrogen) atoms. The lowest BCUT2D eigenvalue weighted by Gasteiger charge is -2.03. The Balaban J connectivity index is 4.41. The lowest BCUT2D eigenvalue weighted by Crippen LogP contribution is -2.21. The van der Waals surface area contributed by atoms with Crippen LogP contribution in [0.15, 0.2) is 59.3 Å². The Hall–Kier alpha value is -2.27. The highest BCUT2D eigenvalue weighted by atomic mass is 16.1. The zero-order valence-electron chi connectivity index (χ0n) is 16.4. The molecule has 2 heteroatoms. The number of allylic oxidation sites excluding steroid dienone is 9. The molecule has 0 saturated heterocycles. The van der Waals surface area contributed by atoms with Crippen LogP contribution >= 0.6 is 0 Å². The lowest BCUT2D eigenvalue weighted by atomic mass is 10.0. The summed E-state index contributed by atoms with van der Waals surface area (Å²) in [6, 6.07) is 0. The number of terminal acetylenes is 1. The Morgan fingerprint density at radius 2 is 1.72 bits per heavy atom. The topological polar surface area (TPSA) is 29.1 Å². The van der Waals surface area contributed by atoms with Crippen molar-refractivity contribution in [3.05, 3.63) is 59.3 Å². The van der Waals surface area contributed by atoms with E-state index < -0.39 is 0 Å². The van der Waals surface area contributed by atoms with Gasteiger partial charge in [0.15, 0.2) is 0 Å². The van der Waals surface area contributed by atoms with E-state index in [0.717, 1.165) is 23.5 Å². The smallest absolute Gasteiger partial charge is 0.244 e. The number of nitrogens with one attached hydrogen (secondary N) is 1. The maximum Gasteiger partial charge on any atom is 0.244 e. The Kier molecular flexibility index (Phi) is 12.8. The molecule has 0 aromatic heterocycles. The molecular weight excluding hydrogens is 306 g/mol. The molecule has 0 rings (SSSR count). The van der Waals surface area contributed by atoms with Gasteiger partial charge < -0.3 is 5.32 Å². The van der Waals surface area contributed by atoms with Gasteiger partial charge in [-0.1, -0.05) is 73.8 Å². The Labute approximate surface area is 154 Å². The fraction of sp³-hybridized carbons (Fsp3) is 0.435. The molecular formula is C23H33NO. The minimum absolute atomic E-state index is 0.168. The zero-order valence-corrected chi connectivity index (χ0v) is 16.4. The van der Waals surface area contributed by atoms with Gasteiger partial charge in [-0.15, -0.1) is 6.42 Å². The first-order chi connectivity index (χ1) is 11.8. The minimum atomic E-state index is -0.168. The summed E-state index contributed by atoms with van der Waals surface area (Å²) in [5.74, 6) is 2.98. The number of carbonyl (C=O) groups excluding carboxylic acids is 1. The van der Waals surface area contributed by atoms with Crippen molar-refractivity contribution in [2.24, 2.45) is 5.92 Å². The molecule has 1 amide bonds. The van der Waals surface area contributed by atoms with Crippen LogP contribution in [0.1, 0.15) is 53.9 Å². The van der Waals surface area contributed by atoms with Crippen LogP contribution in [0.25, 0.3) is 0 Å². The van der Waals surface area contributed by atoms with Gasteiger partial charge in [0.25, 0.3) is 0 Å². The quantitative estimate of drug-likeness (QED) is 0.317. The van der Waals surface area contributed by atoms with E-state index >= 15 is 0 Å². The molecule has 0 aromatic carbocycles. The summed E-state index contributed by atoms with van der Waals surface area (Å²) in [6.07, 6.45) is 22.6. The van der Waals surface area contributed by atoms with Crippen molar-refractivity contribution in [1.82, 2.24) is 5.32 Å². The van der Waals surface area contributed by atoms with Gasteiger partial charge in [-0.25, -0.2) is 0 Å². The van der Waals surface area contributed by atoms with Crippen molar-refractivity contribution in [3.8, 4) is 12.3 Å². The summed E-state index contributed by atoms with van der Waals surface area (Å²) >= 11 is 0. The van der Waals surface area contributed by atoms with E-state index in [4.69, 9.17) is 6.42 Å². The SMILES string of the molecule is C#CCNC(=O)C=C(C)C=CC=C(C)C=CC=C(C)CCCC(C)C. The molecule has 1 N–H and O–H groups in total. The van der Waals surface area contributed by atoms with Gasteiger partial charge in [-0.3, -0.25) is 4.79 Å². The predicted molar refractivity (Wildman–Crippen MR) is 110 cm³/mol. The van der Waals surface area contributed by atoms with Gasteiger partial charge in [-0.05, 0) is 45.1 Å². The molecule has 0 fully saturated rings. The largest absolute Gasteiger partial charge is 0.342 e. The second-order valence-electron chi connectivity index (χ2n) is 6.74. The first-order valence-electron chi connectivity index (χ1n) is 8.93. The van der Waals surface area contributed by atoms with Crippen LogP contribution in [0.5, 0.6) is 0 Å². The standard InChI is InChI=1S/C23H33NO/c1-7-17-24-23(25)18-22(6)16-10-15-21(5)14-9-13-20(4)12-8-11-19(2)3/h1,9-10,13-16,18-19H,8,11-12,17H2,2-6H3,(H,24,25). The second-order valence-corrected chi connectivity index (χ2v) is 6.74. The molecule has 0 heterocycles. The van der Waals surface area contributed by atoms with Crippen LogP contribution in [-0.4, -0.2) is 12.5 Å². The third-order valence-corrected chi connectivity index (χ3v) is 3.53. The van der Waals surface area contributed by atoms with Crippen molar-refractivity contribution in [2.75, 3.05) is 6.54 Å². The summed E-state index contributed by atoms with van der Waals surface area (Å²) in [4.78, 5) is 11.5. The summed E-state index contributed by atoms with van der Waals surface area (Å²) in [5.41, 5.74) is 3.45. The summed E-state index contributed by atoms with van der Waals surface area (Å²) in [5, 5.41) is 2.60. The first kappa shape index (κ1) is 22.7. The highest BCUT2D eigenvalue weighted by Gasteiger charge is 1.94. The summed E-state index contributed by atoms with van der Waals surface area (Å²) in [7, 11) is 0. The van der Waals surface area contributed by atoms with Crippen molar-refractivity contribution < 1.29 is 4.79 Å². The molecule has 0 radical (unpaired) electrons. The first-order valence-corrected chi connectivity index (χ1v) is 8.93. The van der Waals surface area contributed by atoms with E-state index in [-0.39, 0.29) is 12.5 Å². The van der Waals surface area contributed by atoms with E-state index in [2.05, 4.69) is 57.2 Å².